The third-order valence-corrected chi connectivity index (χ3v) is 6.25. The van der Waals surface area contributed by atoms with E-state index in [1.54, 1.807) is 39.0 Å². The predicted octanol–water partition coefficient (Wildman–Crippen LogP) is 4.53. The second kappa shape index (κ2) is 9.04. The lowest BCUT2D eigenvalue weighted by atomic mass is 9.91. The van der Waals surface area contributed by atoms with Crippen LogP contribution in [0.15, 0.2) is 53.4 Å². The minimum Gasteiger partial charge on any atom is -0.454 e. The van der Waals surface area contributed by atoms with Crippen LogP contribution in [0.4, 0.5) is 5.69 Å². The van der Waals surface area contributed by atoms with Crippen molar-refractivity contribution in [3.05, 3.63) is 59.7 Å². The second-order valence-corrected chi connectivity index (χ2v) is 9.76. The maximum atomic E-state index is 13.1. The van der Waals surface area contributed by atoms with Crippen molar-refractivity contribution in [2.24, 2.45) is 5.41 Å². The number of hydrogen-bond acceptors (Lipinski definition) is 5. The Kier molecular flexibility index (Phi) is 6.66. The largest absolute Gasteiger partial charge is 0.454 e. The topological polar surface area (TPSA) is 63.7 Å². The molecule has 6 heteroatoms. The molecule has 30 heavy (non-hydrogen) atoms. The van der Waals surface area contributed by atoms with E-state index in [9.17, 15) is 14.4 Å². The number of ketones is 1. The summed E-state index contributed by atoms with van der Waals surface area (Å²) in [5.41, 5.74) is 1.94. The van der Waals surface area contributed by atoms with Gasteiger partial charge in [0.1, 0.15) is 0 Å². The first-order valence-corrected chi connectivity index (χ1v) is 10.9. The molecule has 0 saturated heterocycles. The van der Waals surface area contributed by atoms with Gasteiger partial charge in [-0.05, 0) is 37.1 Å². The fraction of sp³-hybridized carbons (Fsp3) is 0.375. The Morgan fingerprint density at radius 3 is 2.47 bits per heavy atom. The Hall–Kier alpha value is -2.60. The molecule has 0 spiro atoms. The molecule has 0 radical (unpaired) electrons. The summed E-state index contributed by atoms with van der Waals surface area (Å²) >= 11 is 1.33. The van der Waals surface area contributed by atoms with Crippen LogP contribution in [0.2, 0.25) is 0 Å². The van der Waals surface area contributed by atoms with E-state index in [0.29, 0.717) is 17.0 Å². The number of hydrogen-bond donors (Lipinski definition) is 0. The minimum atomic E-state index is -0.568. The Balaban J connectivity index is 1.69. The molecular formula is C24H27NO4S. The van der Waals surface area contributed by atoms with Crippen LogP contribution in [0.3, 0.4) is 0 Å². The van der Waals surface area contributed by atoms with E-state index in [2.05, 4.69) is 0 Å². The summed E-state index contributed by atoms with van der Waals surface area (Å²) in [6.45, 7) is 7.62. The zero-order valence-corrected chi connectivity index (χ0v) is 18.6. The highest BCUT2D eigenvalue weighted by molar-refractivity contribution is 8.00. The van der Waals surface area contributed by atoms with Gasteiger partial charge in [0.2, 0.25) is 5.91 Å². The van der Waals surface area contributed by atoms with E-state index in [-0.39, 0.29) is 23.5 Å². The van der Waals surface area contributed by atoms with Gasteiger partial charge in [-0.3, -0.25) is 9.59 Å². The van der Waals surface area contributed by atoms with E-state index in [1.165, 1.54) is 17.3 Å². The highest BCUT2D eigenvalue weighted by Gasteiger charge is 2.29. The van der Waals surface area contributed by atoms with Crippen LogP contribution in [0.5, 0.6) is 0 Å². The molecule has 1 amide bonds. The number of carbonyl (C=O) groups excluding carboxylic acids is 3. The SMILES string of the molecule is CC(Sc1ccccc1C(=O)OCC(=O)C(C)(C)C)C(=O)N1CCc2ccccc21. The minimum absolute atomic E-state index is 0.0102. The summed E-state index contributed by atoms with van der Waals surface area (Å²) < 4.78 is 5.25. The smallest absolute Gasteiger partial charge is 0.339 e. The van der Waals surface area contributed by atoms with Crippen LogP contribution in [0.25, 0.3) is 0 Å². The first-order valence-electron chi connectivity index (χ1n) is 10.0. The van der Waals surface area contributed by atoms with Crippen molar-refractivity contribution in [3.8, 4) is 0 Å². The van der Waals surface area contributed by atoms with Gasteiger partial charge in [-0.2, -0.15) is 0 Å². The van der Waals surface area contributed by atoms with Crippen molar-refractivity contribution in [3.63, 3.8) is 0 Å². The van der Waals surface area contributed by atoms with Gasteiger partial charge in [0.15, 0.2) is 12.4 Å². The molecule has 0 bridgehead atoms. The lowest BCUT2D eigenvalue weighted by molar-refractivity contribution is -0.129. The molecule has 0 fully saturated rings. The lowest BCUT2D eigenvalue weighted by Gasteiger charge is -2.22. The second-order valence-electron chi connectivity index (χ2n) is 8.37. The number of rotatable bonds is 6. The van der Waals surface area contributed by atoms with Crippen LogP contribution < -0.4 is 4.90 Å². The summed E-state index contributed by atoms with van der Waals surface area (Å²) in [7, 11) is 0. The van der Waals surface area contributed by atoms with Gasteiger partial charge in [0.05, 0.1) is 10.8 Å². The van der Waals surface area contributed by atoms with Crippen LogP contribution in [-0.2, 0) is 20.7 Å². The molecule has 0 aliphatic carbocycles. The summed E-state index contributed by atoms with van der Waals surface area (Å²) in [4.78, 5) is 40.2. The maximum absolute atomic E-state index is 13.1. The summed E-state index contributed by atoms with van der Waals surface area (Å²) in [5, 5.41) is -0.374. The van der Waals surface area contributed by atoms with Crippen LogP contribution in [0.1, 0.15) is 43.6 Å². The van der Waals surface area contributed by atoms with E-state index < -0.39 is 11.4 Å². The molecule has 0 aromatic heterocycles. The van der Waals surface area contributed by atoms with Crippen molar-refractivity contribution in [2.45, 2.75) is 44.3 Å². The number of benzene rings is 2. The average molecular weight is 426 g/mol. The highest BCUT2D eigenvalue weighted by atomic mass is 32.2. The molecular weight excluding hydrogens is 398 g/mol. The van der Waals surface area contributed by atoms with Gasteiger partial charge >= 0.3 is 5.97 Å². The first kappa shape index (κ1) is 22.1. The number of nitrogens with zero attached hydrogens (tertiary/aromatic N) is 1. The maximum Gasteiger partial charge on any atom is 0.339 e. The van der Waals surface area contributed by atoms with E-state index in [4.69, 9.17) is 4.74 Å². The third-order valence-electron chi connectivity index (χ3n) is 5.08. The van der Waals surface area contributed by atoms with Gasteiger partial charge in [-0.1, -0.05) is 51.1 Å². The third kappa shape index (κ3) is 4.93. The fourth-order valence-corrected chi connectivity index (χ4v) is 4.24. The highest BCUT2D eigenvalue weighted by Crippen LogP contribution is 2.33. The van der Waals surface area contributed by atoms with Crippen molar-refractivity contribution < 1.29 is 19.1 Å². The molecule has 0 N–H and O–H groups in total. The molecule has 2 aromatic rings. The van der Waals surface area contributed by atoms with E-state index in [1.807, 2.05) is 42.2 Å². The Morgan fingerprint density at radius 1 is 1.07 bits per heavy atom. The van der Waals surface area contributed by atoms with E-state index >= 15 is 0 Å². The van der Waals surface area contributed by atoms with Gasteiger partial charge < -0.3 is 9.64 Å². The number of ether oxygens (including phenoxy) is 1. The fourth-order valence-electron chi connectivity index (χ4n) is 3.19. The Labute approximate surface area is 181 Å². The quantitative estimate of drug-likeness (QED) is 0.503. The van der Waals surface area contributed by atoms with Crippen LogP contribution >= 0.6 is 11.8 Å². The standard InChI is InChI=1S/C24H27NO4S/c1-16(22(27)25-14-13-17-9-5-7-11-19(17)25)30-20-12-8-6-10-18(20)23(28)29-15-21(26)24(2,3)4/h5-12,16H,13-15H2,1-4H3. The van der Waals surface area contributed by atoms with Gasteiger partial charge in [-0.25, -0.2) is 4.79 Å². The normalized spacial score (nSPS) is 14.2. The van der Waals surface area contributed by atoms with Gasteiger partial charge in [-0.15, -0.1) is 11.8 Å². The zero-order valence-electron chi connectivity index (χ0n) is 17.8. The molecule has 0 saturated carbocycles. The monoisotopic (exact) mass is 425 g/mol. The number of fused-ring (bicyclic) bond motifs is 1. The van der Waals surface area contributed by atoms with Crippen LogP contribution in [0, 0.1) is 5.41 Å². The molecule has 1 aliphatic rings. The predicted molar refractivity (Wildman–Crippen MR) is 119 cm³/mol. The molecule has 1 unspecified atom stereocenters. The zero-order chi connectivity index (χ0) is 21.9. The summed E-state index contributed by atoms with van der Waals surface area (Å²) in [5.74, 6) is -0.685. The number of esters is 1. The molecule has 1 aliphatic heterocycles. The molecule has 1 atom stereocenters. The number of carbonyl (C=O) groups is 3. The van der Waals surface area contributed by atoms with Crippen molar-refractivity contribution in [1.82, 2.24) is 0 Å². The molecule has 158 valence electrons. The number of amides is 1. The first-order chi connectivity index (χ1) is 14.2. The van der Waals surface area contributed by atoms with E-state index in [0.717, 1.165) is 12.1 Å². The number of thioether (sulfide) groups is 1. The van der Waals surface area contributed by atoms with Crippen LogP contribution in [-0.4, -0.2) is 36.1 Å². The summed E-state index contributed by atoms with van der Waals surface area (Å²) in [6, 6.07) is 15.0. The summed E-state index contributed by atoms with van der Waals surface area (Å²) in [6.07, 6.45) is 0.851. The molecule has 3 rings (SSSR count). The Bertz CT molecular complexity index is 964. The van der Waals surface area contributed by atoms with Crippen molar-refractivity contribution in [2.75, 3.05) is 18.1 Å². The average Bonchev–Trinajstić information content (AvgIpc) is 3.15. The van der Waals surface area contributed by atoms with Gasteiger partial charge in [0.25, 0.3) is 0 Å². The number of para-hydroxylation sites is 1. The van der Waals surface area contributed by atoms with Gasteiger partial charge in [0, 0.05) is 22.5 Å². The van der Waals surface area contributed by atoms with Crippen molar-refractivity contribution in [1.29, 1.82) is 0 Å². The Morgan fingerprint density at radius 2 is 1.73 bits per heavy atom. The molecule has 2 aromatic carbocycles. The van der Waals surface area contributed by atoms with Crippen molar-refractivity contribution >= 4 is 35.1 Å². The molecule has 1 heterocycles. The lowest BCUT2D eigenvalue weighted by Crippen LogP contribution is -2.35. The number of anilines is 1. The number of Topliss-reactive ketones (excluding diaryl/α,β-unsaturated/α-hetero) is 1. The molecule has 5 nitrogen and oxygen atoms in total.